The van der Waals surface area contributed by atoms with Crippen molar-refractivity contribution < 1.29 is 12.8 Å². The number of hydrogen-bond donors (Lipinski definition) is 1. The molecule has 0 bridgehead atoms. The quantitative estimate of drug-likeness (QED) is 0.912. The Labute approximate surface area is 107 Å². The molecule has 0 aliphatic heterocycles. The number of nitrogens with two attached hydrogens (primary N) is 1. The van der Waals surface area contributed by atoms with Gasteiger partial charge in [0, 0.05) is 6.04 Å². The minimum Gasteiger partial charge on any atom is -0.327 e. The van der Waals surface area contributed by atoms with Crippen molar-refractivity contribution in [1.82, 2.24) is 0 Å². The molecule has 1 aromatic rings. The Morgan fingerprint density at radius 2 is 2.00 bits per heavy atom. The highest BCUT2D eigenvalue weighted by atomic mass is 32.2. The Hall–Kier alpha value is -0.940. The maximum absolute atomic E-state index is 13.5. The van der Waals surface area contributed by atoms with E-state index in [2.05, 4.69) is 0 Å². The second-order valence-corrected chi connectivity index (χ2v) is 6.97. The van der Waals surface area contributed by atoms with E-state index < -0.39 is 15.7 Å². The van der Waals surface area contributed by atoms with E-state index in [4.69, 9.17) is 5.73 Å². The van der Waals surface area contributed by atoms with E-state index in [0.717, 1.165) is 19.3 Å². The summed E-state index contributed by atoms with van der Waals surface area (Å²) < 4.78 is 37.5. The fourth-order valence-corrected chi connectivity index (χ4v) is 4.02. The van der Waals surface area contributed by atoms with Crippen LogP contribution < -0.4 is 5.73 Å². The van der Waals surface area contributed by atoms with Crippen LogP contribution in [0, 0.1) is 11.7 Å². The van der Waals surface area contributed by atoms with Crippen LogP contribution in [0.5, 0.6) is 0 Å². The van der Waals surface area contributed by atoms with Gasteiger partial charge >= 0.3 is 0 Å². The fraction of sp³-hybridized carbons (Fsp3) is 0.538. The third-order valence-corrected chi connectivity index (χ3v) is 5.42. The van der Waals surface area contributed by atoms with Gasteiger partial charge in [0.15, 0.2) is 9.84 Å². The number of benzene rings is 1. The predicted molar refractivity (Wildman–Crippen MR) is 68.4 cm³/mol. The highest BCUT2D eigenvalue weighted by Gasteiger charge is 2.27. The molecule has 0 heterocycles. The largest absolute Gasteiger partial charge is 0.327 e. The lowest BCUT2D eigenvalue weighted by molar-refractivity contribution is 0.463. The summed E-state index contributed by atoms with van der Waals surface area (Å²) in [7, 11) is -3.53. The van der Waals surface area contributed by atoms with E-state index in [-0.39, 0.29) is 22.6 Å². The maximum atomic E-state index is 13.5. The van der Waals surface area contributed by atoms with Gasteiger partial charge in [-0.1, -0.05) is 18.6 Å². The van der Waals surface area contributed by atoms with Crippen molar-refractivity contribution in [3.05, 3.63) is 30.1 Å². The average Bonchev–Trinajstić information content (AvgIpc) is 2.73. The Balaban J connectivity index is 2.06. The molecule has 18 heavy (non-hydrogen) atoms. The van der Waals surface area contributed by atoms with Gasteiger partial charge in [0.05, 0.1) is 5.75 Å². The van der Waals surface area contributed by atoms with Gasteiger partial charge in [0.2, 0.25) is 0 Å². The second kappa shape index (κ2) is 5.36. The van der Waals surface area contributed by atoms with Gasteiger partial charge in [0.1, 0.15) is 10.7 Å². The Kier molecular flexibility index (Phi) is 4.02. The molecule has 1 fully saturated rings. The number of halogens is 1. The van der Waals surface area contributed by atoms with Crippen LogP contribution in [0.1, 0.15) is 25.7 Å². The number of sulfone groups is 1. The van der Waals surface area contributed by atoms with Crippen molar-refractivity contribution in [2.24, 2.45) is 11.7 Å². The van der Waals surface area contributed by atoms with Crippen LogP contribution in [-0.4, -0.2) is 20.2 Å². The standard InChI is InChI=1S/C13H18FNO2S/c14-11-5-1-2-7-13(11)18(16,17)9-8-10-4-3-6-12(10)15/h1-2,5,7,10,12H,3-4,6,8-9,15H2. The summed E-state index contributed by atoms with van der Waals surface area (Å²) in [4.78, 5) is -0.198. The molecule has 0 spiro atoms. The monoisotopic (exact) mass is 271 g/mol. The molecule has 0 saturated heterocycles. The summed E-state index contributed by atoms with van der Waals surface area (Å²) >= 11 is 0. The maximum Gasteiger partial charge on any atom is 0.181 e. The van der Waals surface area contributed by atoms with Crippen molar-refractivity contribution in [3.63, 3.8) is 0 Å². The van der Waals surface area contributed by atoms with E-state index in [1.807, 2.05) is 0 Å². The van der Waals surface area contributed by atoms with Crippen molar-refractivity contribution >= 4 is 9.84 Å². The third-order valence-electron chi connectivity index (χ3n) is 3.65. The molecule has 1 saturated carbocycles. The molecule has 5 heteroatoms. The lowest BCUT2D eigenvalue weighted by Gasteiger charge is -2.15. The number of hydrogen-bond acceptors (Lipinski definition) is 3. The van der Waals surface area contributed by atoms with Gasteiger partial charge in [-0.05, 0) is 37.3 Å². The van der Waals surface area contributed by atoms with Crippen molar-refractivity contribution in [1.29, 1.82) is 0 Å². The van der Waals surface area contributed by atoms with E-state index in [9.17, 15) is 12.8 Å². The second-order valence-electron chi connectivity index (χ2n) is 4.89. The highest BCUT2D eigenvalue weighted by molar-refractivity contribution is 7.91. The first-order chi connectivity index (χ1) is 8.50. The number of rotatable bonds is 4. The zero-order valence-electron chi connectivity index (χ0n) is 10.2. The molecule has 0 amide bonds. The first-order valence-electron chi connectivity index (χ1n) is 6.23. The highest BCUT2D eigenvalue weighted by Crippen LogP contribution is 2.28. The topological polar surface area (TPSA) is 60.2 Å². The summed E-state index contributed by atoms with van der Waals surface area (Å²) in [5.41, 5.74) is 5.91. The van der Waals surface area contributed by atoms with Crippen molar-refractivity contribution in [2.75, 3.05) is 5.75 Å². The van der Waals surface area contributed by atoms with Gasteiger partial charge in [-0.25, -0.2) is 12.8 Å². The van der Waals surface area contributed by atoms with Crippen LogP contribution in [0.25, 0.3) is 0 Å². The summed E-state index contributed by atoms with van der Waals surface area (Å²) in [6.07, 6.45) is 3.53. The van der Waals surface area contributed by atoms with Crippen LogP contribution in [0.3, 0.4) is 0 Å². The lowest BCUT2D eigenvalue weighted by Crippen LogP contribution is -2.26. The van der Waals surface area contributed by atoms with Gasteiger partial charge < -0.3 is 5.73 Å². The molecule has 2 atom stereocenters. The first kappa shape index (κ1) is 13.5. The van der Waals surface area contributed by atoms with Gasteiger partial charge in [0.25, 0.3) is 0 Å². The minimum atomic E-state index is -3.53. The van der Waals surface area contributed by atoms with Crippen LogP contribution >= 0.6 is 0 Å². The Bertz CT molecular complexity index is 515. The third kappa shape index (κ3) is 2.90. The van der Waals surface area contributed by atoms with E-state index in [0.29, 0.717) is 6.42 Å². The summed E-state index contributed by atoms with van der Waals surface area (Å²) in [5, 5.41) is 0. The molecular weight excluding hydrogens is 253 g/mol. The van der Waals surface area contributed by atoms with E-state index in [1.165, 1.54) is 24.3 Å². The summed E-state index contributed by atoms with van der Waals surface area (Å²) in [5.74, 6) is -0.438. The molecule has 1 aromatic carbocycles. The fourth-order valence-electron chi connectivity index (χ4n) is 2.54. The molecule has 3 nitrogen and oxygen atoms in total. The summed E-state index contributed by atoms with van der Waals surface area (Å²) in [6.45, 7) is 0. The molecule has 100 valence electrons. The Morgan fingerprint density at radius 3 is 2.61 bits per heavy atom. The molecule has 0 radical (unpaired) electrons. The van der Waals surface area contributed by atoms with Crippen LogP contribution in [0.4, 0.5) is 4.39 Å². The zero-order chi connectivity index (χ0) is 13.2. The van der Waals surface area contributed by atoms with Crippen LogP contribution in [-0.2, 0) is 9.84 Å². The van der Waals surface area contributed by atoms with E-state index >= 15 is 0 Å². The molecule has 2 unspecified atom stereocenters. The normalized spacial score (nSPS) is 24.3. The van der Waals surface area contributed by atoms with Gasteiger partial charge in [-0.15, -0.1) is 0 Å². The first-order valence-corrected chi connectivity index (χ1v) is 7.89. The van der Waals surface area contributed by atoms with Crippen molar-refractivity contribution in [3.8, 4) is 0 Å². The molecule has 2 rings (SSSR count). The molecule has 0 aromatic heterocycles. The minimum absolute atomic E-state index is 0.0215. The van der Waals surface area contributed by atoms with Crippen molar-refractivity contribution in [2.45, 2.75) is 36.6 Å². The lowest BCUT2D eigenvalue weighted by atomic mass is 10.0. The van der Waals surface area contributed by atoms with Gasteiger partial charge in [-0.3, -0.25) is 0 Å². The van der Waals surface area contributed by atoms with Crippen LogP contribution in [0.2, 0.25) is 0 Å². The molecule has 2 N–H and O–H groups in total. The average molecular weight is 271 g/mol. The summed E-state index contributed by atoms with van der Waals surface area (Å²) in [6, 6.07) is 5.62. The van der Waals surface area contributed by atoms with Crippen LogP contribution in [0.15, 0.2) is 29.2 Å². The molecular formula is C13H18FNO2S. The Morgan fingerprint density at radius 1 is 1.28 bits per heavy atom. The smallest absolute Gasteiger partial charge is 0.181 e. The zero-order valence-corrected chi connectivity index (χ0v) is 11.0. The predicted octanol–water partition coefficient (Wildman–Crippen LogP) is 2.12. The van der Waals surface area contributed by atoms with Gasteiger partial charge in [-0.2, -0.15) is 0 Å². The molecule has 1 aliphatic carbocycles. The SMILES string of the molecule is NC1CCCC1CCS(=O)(=O)c1ccccc1F. The van der Waals surface area contributed by atoms with E-state index in [1.54, 1.807) is 0 Å². The molecule has 1 aliphatic rings.